The molecule has 0 radical (unpaired) electrons. The van der Waals surface area contributed by atoms with E-state index in [2.05, 4.69) is 41.5 Å². The molecule has 2 N–H and O–H groups in total. The number of phenols is 1. The Hall–Kier alpha value is -1.55. The molecule has 4 nitrogen and oxygen atoms in total. The standard InChI is InChI=1S/C22H36O4/c1-20(2,3)15-12-14(13-16(18(15)24)21(4,5)6)10-11-17(23)26-19(25)22(7,8)9/h12-13,19,24-25H,10-11H2,1-9H3. The largest absolute Gasteiger partial charge is 0.507 e. The van der Waals surface area contributed by atoms with Gasteiger partial charge in [-0.05, 0) is 33.9 Å². The number of ether oxygens (including phenoxy) is 1. The molecule has 1 atom stereocenters. The van der Waals surface area contributed by atoms with Crippen LogP contribution in [0, 0.1) is 5.41 Å². The SMILES string of the molecule is CC(C)(C)c1cc(CCC(=O)OC(O)C(C)(C)C)cc(C(C)(C)C)c1O. The van der Waals surface area contributed by atoms with E-state index in [0.29, 0.717) is 12.2 Å². The molecular formula is C22H36O4. The third kappa shape index (κ3) is 6.01. The second kappa shape index (κ2) is 7.59. The van der Waals surface area contributed by atoms with Crippen LogP contribution < -0.4 is 0 Å². The summed E-state index contributed by atoms with van der Waals surface area (Å²) in [5, 5.41) is 20.7. The highest BCUT2D eigenvalue weighted by Crippen LogP contribution is 2.40. The number of rotatable bonds is 4. The number of aryl methyl sites for hydroxylation is 1. The van der Waals surface area contributed by atoms with Gasteiger partial charge in [0.05, 0.1) is 0 Å². The summed E-state index contributed by atoms with van der Waals surface area (Å²) in [4.78, 5) is 12.1. The highest BCUT2D eigenvalue weighted by molar-refractivity contribution is 5.70. The van der Waals surface area contributed by atoms with Gasteiger partial charge in [-0.2, -0.15) is 0 Å². The van der Waals surface area contributed by atoms with Crippen LogP contribution in [0.3, 0.4) is 0 Å². The zero-order valence-electron chi connectivity index (χ0n) is 17.9. The third-order valence-electron chi connectivity index (χ3n) is 4.39. The van der Waals surface area contributed by atoms with Crippen LogP contribution in [0.15, 0.2) is 12.1 Å². The van der Waals surface area contributed by atoms with Crippen molar-refractivity contribution in [1.82, 2.24) is 0 Å². The third-order valence-corrected chi connectivity index (χ3v) is 4.39. The van der Waals surface area contributed by atoms with Crippen molar-refractivity contribution < 1.29 is 19.7 Å². The van der Waals surface area contributed by atoms with Crippen LogP contribution in [0.25, 0.3) is 0 Å². The molecule has 148 valence electrons. The minimum atomic E-state index is -1.12. The highest BCUT2D eigenvalue weighted by atomic mass is 16.6. The van der Waals surface area contributed by atoms with Gasteiger partial charge in [-0.3, -0.25) is 4.79 Å². The average Bonchev–Trinajstić information content (AvgIpc) is 2.42. The highest BCUT2D eigenvalue weighted by Gasteiger charge is 2.28. The first-order chi connectivity index (χ1) is 11.5. The van der Waals surface area contributed by atoms with Crippen LogP contribution >= 0.6 is 0 Å². The van der Waals surface area contributed by atoms with E-state index in [0.717, 1.165) is 16.7 Å². The summed E-state index contributed by atoms with van der Waals surface area (Å²) in [5.74, 6) is -0.0883. The van der Waals surface area contributed by atoms with Gasteiger partial charge in [-0.25, -0.2) is 0 Å². The Morgan fingerprint density at radius 1 is 0.962 bits per heavy atom. The first-order valence-corrected chi connectivity index (χ1v) is 9.28. The summed E-state index contributed by atoms with van der Waals surface area (Å²) in [5.41, 5.74) is 1.82. The van der Waals surface area contributed by atoms with Crippen molar-refractivity contribution in [3.63, 3.8) is 0 Å². The van der Waals surface area contributed by atoms with E-state index in [1.54, 1.807) is 0 Å². The average molecular weight is 365 g/mol. The fourth-order valence-electron chi connectivity index (χ4n) is 2.59. The van der Waals surface area contributed by atoms with E-state index >= 15 is 0 Å². The van der Waals surface area contributed by atoms with Crippen LogP contribution in [0.4, 0.5) is 0 Å². The second-order valence-corrected chi connectivity index (χ2v) is 10.2. The van der Waals surface area contributed by atoms with Gasteiger partial charge in [0.25, 0.3) is 0 Å². The fourth-order valence-corrected chi connectivity index (χ4v) is 2.59. The van der Waals surface area contributed by atoms with Gasteiger partial charge in [-0.15, -0.1) is 0 Å². The summed E-state index contributed by atoms with van der Waals surface area (Å²) in [6, 6.07) is 3.94. The monoisotopic (exact) mass is 364 g/mol. The summed E-state index contributed by atoms with van der Waals surface area (Å²) < 4.78 is 5.12. The van der Waals surface area contributed by atoms with Crippen LogP contribution in [-0.4, -0.2) is 22.5 Å². The molecule has 0 spiro atoms. The lowest BCUT2D eigenvalue weighted by atomic mass is 9.78. The number of hydrogen-bond donors (Lipinski definition) is 2. The van der Waals surface area contributed by atoms with E-state index in [9.17, 15) is 15.0 Å². The van der Waals surface area contributed by atoms with Gasteiger partial charge in [0.2, 0.25) is 6.29 Å². The summed E-state index contributed by atoms with van der Waals surface area (Å²) >= 11 is 0. The number of aromatic hydroxyl groups is 1. The normalized spacial score (nSPS) is 14.2. The molecule has 0 fully saturated rings. The summed E-state index contributed by atoms with van der Waals surface area (Å²) in [6.45, 7) is 17.8. The Labute approximate surface area is 158 Å². The lowest BCUT2D eigenvalue weighted by Gasteiger charge is -2.28. The molecule has 0 saturated heterocycles. The molecule has 0 saturated carbocycles. The first-order valence-electron chi connectivity index (χ1n) is 9.28. The fraction of sp³-hybridized carbons (Fsp3) is 0.682. The van der Waals surface area contributed by atoms with E-state index in [4.69, 9.17) is 4.74 Å². The predicted octanol–water partition coefficient (Wildman–Crippen LogP) is 4.83. The van der Waals surface area contributed by atoms with Crippen LogP contribution in [0.2, 0.25) is 0 Å². The molecule has 4 heteroatoms. The van der Waals surface area contributed by atoms with Gasteiger partial charge in [0, 0.05) is 11.8 Å². The van der Waals surface area contributed by atoms with Gasteiger partial charge in [0.15, 0.2) is 0 Å². The molecule has 26 heavy (non-hydrogen) atoms. The van der Waals surface area contributed by atoms with Crippen molar-refractivity contribution in [2.45, 2.75) is 92.3 Å². The van der Waals surface area contributed by atoms with Crippen molar-refractivity contribution in [1.29, 1.82) is 0 Å². The van der Waals surface area contributed by atoms with Crippen LogP contribution in [0.5, 0.6) is 5.75 Å². The van der Waals surface area contributed by atoms with Gasteiger partial charge < -0.3 is 14.9 Å². The molecule has 0 aromatic heterocycles. The molecule has 1 rings (SSSR count). The van der Waals surface area contributed by atoms with E-state index in [-0.39, 0.29) is 17.3 Å². The maximum Gasteiger partial charge on any atom is 0.308 e. The number of aliphatic hydroxyl groups excluding tert-OH is 1. The number of phenolic OH excluding ortho intramolecular Hbond substituents is 1. The molecule has 0 aliphatic heterocycles. The summed E-state index contributed by atoms with van der Waals surface area (Å²) in [7, 11) is 0. The van der Waals surface area contributed by atoms with Crippen molar-refractivity contribution in [2.24, 2.45) is 5.41 Å². The topological polar surface area (TPSA) is 66.8 Å². The lowest BCUT2D eigenvalue weighted by molar-refractivity contribution is -0.186. The Kier molecular flexibility index (Phi) is 6.57. The van der Waals surface area contributed by atoms with Crippen molar-refractivity contribution >= 4 is 5.97 Å². The zero-order valence-corrected chi connectivity index (χ0v) is 17.9. The molecule has 0 aliphatic carbocycles. The van der Waals surface area contributed by atoms with E-state index < -0.39 is 17.7 Å². The number of esters is 1. The molecule has 1 aromatic carbocycles. The lowest BCUT2D eigenvalue weighted by Crippen LogP contribution is -2.31. The molecule has 1 unspecified atom stereocenters. The van der Waals surface area contributed by atoms with Gasteiger partial charge >= 0.3 is 5.97 Å². The Morgan fingerprint density at radius 2 is 1.38 bits per heavy atom. The number of carbonyl (C=O) groups excluding carboxylic acids is 1. The Morgan fingerprint density at radius 3 is 1.73 bits per heavy atom. The molecule has 0 heterocycles. The minimum absolute atomic E-state index is 0.186. The zero-order chi connectivity index (χ0) is 20.5. The Bertz CT molecular complexity index is 605. The first kappa shape index (κ1) is 22.5. The number of hydrogen-bond acceptors (Lipinski definition) is 4. The predicted molar refractivity (Wildman–Crippen MR) is 105 cm³/mol. The Balaban J connectivity index is 3.05. The molecule has 0 bridgehead atoms. The molecule has 1 aromatic rings. The van der Waals surface area contributed by atoms with E-state index in [1.807, 2.05) is 32.9 Å². The van der Waals surface area contributed by atoms with Crippen molar-refractivity contribution in [3.05, 3.63) is 28.8 Å². The maximum atomic E-state index is 12.1. The quantitative estimate of drug-likeness (QED) is 0.593. The van der Waals surface area contributed by atoms with Crippen LogP contribution in [0.1, 0.15) is 85.4 Å². The summed E-state index contributed by atoms with van der Waals surface area (Å²) in [6.07, 6.45) is -0.433. The number of carbonyl (C=O) groups is 1. The van der Waals surface area contributed by atoms with Gasteiger partial charge in [0.1, 0.15) is 5.75 Å². The molecule has 0 amide bonds. The smallest absolute Gasteiger partial charge is 0.308 e. The van der Waals surface area contributed by atoms with E-state index in [1.165, 1.54) is 0 Å². The number of aliphatic hydroxyl groups is 1. The maximum absolute atomic E-state index is 12.1. The second-order valence-electron chi connectivity index (χ2n) is 10.2. The van der Waals surface area contributed by atoms with Crippen LogP contribution in [-0.2, 0) is 26.8 Å². The van der Waals surface area contributed by atoms with Crippen molar-refractivity contribution in [3.8, 4) is 5.75 Å². The number of benzene rings is 1. The minimum Gasteiger partial charge on any atom is -0.507 e. The molecular weight excluding hydrogens is 328 g/mol. The molecule has 0 aliphatic rings. The van der Waals surface area contributed by atoms with Gasteiger partial charge in [-0.1, -0.05) is 74.4 Å². The van der Waals surface area contributed by atoms with Crippen molar-refractivity contribution in [2.75, 3.05) is 0 Å².